The van der Waals surface area contributed by atoms with E-state index < -0.39 is 0 Å². The van der Waals surface area contributed by atoms with E-state index in [1.807, 2.05) is 6.07 Å². The summed E-state index contributed by atoms with van der Waals surface area (Å²) >= 11 is 0. The minimum atomic E-state index is 0.470. The van der Waals surface area contributed by atoms with Crippen LogP contribution in [0.25, 0.3) is 5.78 Å². The van der Waals surface area contributed by atoms with Gasteiger partial charge < -0.3 is 15.0 Å². The first-order valence-electron chi connectivity index (χ1n) is 7.28. The van der Waals surface area contributed by atoms with Gasteiger partial charge in [0.2, 0.25) is 0 Å². The largest absolute Gasteiger partial charge is 0.378 e. The quantitative estimate of drug-likeness (QED) is 0.821. The Morgan fingerprint density at radius 3 is 2.95 bits per heavy atom. The standard InChI is InChI=1S/C14H22N6O/c1-19(2)12(10-4-5-10)7-15-13-6-11(8-21-3)18-14-16-9-17-20(13)14/h6,9-10,12,15H,4-5,7-8H2,1-3H3. The fraction of sp³-hybridized carbons (Fsp3) is 0.643. The minimum Gasteiger partial charge on any atom is -0.378 e. The van der Waals surface area contributed by atoms with Crippen LogP contribution in [-0.4, -0.2) is 58.3 Å². The summed E-state index contributed by atoms with van der Waals surface area (Å²) in [6, 6.07) is 2.52. The van der Waals surface area contributed by atoms with Crippen LogP contribution in [0.5, 0.6) is 0 Å². The molecular weight excluding hydrogens is 268 g/mol. The molecular formula is C14H22N6O. The molecule has 1 aliphatic carbocycles. The van der Waals surface area contributed by atoms with Crippen molar-refractivity contribution >= 4 is 11.6 Å². The van der Waals surface area contributed by atoms with Crippen LogP contribution in [0, 0.1) is 5.92 Å². The molecule has 21 heavy (non-hydrogen) atoms. The smallest absolute Gasteiger partial charge is 0.254 e. The van der Waals surface area contributed by atoms with Crippen LogP contribution < -0.4 is 5.32 Å². The van der Waals surface area contributed by atoms with Gasteiger partial charge in [0.15, 0.2) is 0 Å². The molecule has 0 aliphatic heterocycles. The minimum absolute atomic E-state index is 0.470. The number of rotatable bonds is 7. The lowest BCUT2D eigenvalue weighted by Gasteiger charge is -2.25. The van der Waals surface area contributed by atoms with Crippen LogP contribution in [0.1, 0.15) is 18.5 Å². The first kappa shape index (κ1) is 14.2. The third-order valence-corrected chi connectivity index (χ3v) is 3.92. The lowest BCUT2D eigenvalue weighted by Crippen LogP contribution is -2.36. The molecule has 2 heterocycles. The molecule has 1 aliphatic rings. The van der Waals surface area contributed by atoms with E-state index in [1.54, 1.807) is 11.6 Å². The molecule has 0 radical (unpaired) electrons. The van der Waals surface area contributed by atoms with E-state index in [1.165, 1.54) is 19.2 Å². The summed E-state index contributed by atoms with van der Waals surface area (Å²) in [6.45, 7) is 1.36. The van der Waals surface area contributed by atoms with Gasteiger partial charge in [0.05, 0.1) is 12.3 Å². The zero-order valence-corrected chi connectivity index (χ0v) is 12.8. The zero-order valence-electron chi connectivity index (χ0n) is 12.8. The molecule has 7 nitrogen and oxygen atoms in total. The van der Waals surface area contributed by atoms with E-state index >= 15 is 0 Å². The maximum atomic E-state index is 5.16. The van der Waals surface area contributed by atoms with Crippen LogP contribution >= 0.6 is 0 Å². The summed E-state index contributed by atoms with van der Waals surface area (Å²) < 4.78 is 6.90. The fourth-order valence-electron chi connectivity index (χ4n) is 2.67. The maximum Gasteiger partial charge on any atom is 0.254 e. The van der Waals surface area contributed by atoms with Crippen molar-refractivity contribution in [3.63, 3.8) is 0 Å². The fourth-order valence-corrected chi connectivity index (χ4v) is 2.67. The number of methoxy groups -OCH3 is 1. The van der Waals surface area contributed by atoms with Crippen molar-refractivity contribution in [1.82, 2.24) is 24.5 Å². The van der Waals surface area contributed by atoms with Gasteiger partial charge in [-0.25, -0.2) is 4.98 Å². The number of ether oxygens (including phenoxy) is 1. The summed E-state index contributed by atoms with van der Waals surface area (Å²) in [5.74, 6) is 2.32. The molecule has 2 aromatic heterocycles. The molecule has 3 rings (SSSR count). The van der Waals surface area contributed by atoms with E-state index in [2.05, 4.69) is 39.4 Å². The maximum absolute atomic E-state index is 5.16. The van der Waals surface area contributed by atoms with Crippen molar-refractivity contribution in [3.8, 4) is 0 Å². The zero-order chi connectivity index (χ0) is 14.8. The summed E-state index contributed by atoms with van der Waals surface area (Å²) in [5.41, 5.74) is 0.855. The highest BCUT2D eigenvalue weighted by molar-refractivity contribution is 5.45. The molecule has 1 fully saturated rings. The number of hydrogen-bond acceptors (Lipinski definition) is 6. The molecule has 1 atom stereocenters. The van der Waals surface area contributed by atoms with Crippen LogP contribution in [0.4, 0.5) is 5.82 Å². The predicted molar refractivity (Wildman–Crippen MR) is 80.2 cm³/mol. The Balaban J connectivity index is 1.79. The van der Waals surface area contributed by atoms with Gasteiger partial charge in [0.1, 0.15) is 12.1 Å². The number of nitrogens with one attached hydrogen (secondary N) is 1. The van der Waals surface area contributed by atoms with Crippen LogP contribution in [0.3, 0.4) is 0 Å². The van der Waals surface area contributed by atoms with Gasteiger partial charge >= 0.3 is 0 Å². The summed E-state index contributed by atoms with van der Waals surface area (Å²) in [5, 5.41) is 7.73. The molecule has 1 saturated carbocycles. The molecule has 0 bridgehead atoms. The van der Waals surface area contributed by atoms with Crippen molar-refractivity contribution in [1.29, 1.82) is 0 Å². The van der Waals surface area contributed by atoms with Gasteiger partial charge in [-0.15, -0.1) is 0 Å². The van der Waals surface area contributed by atoms with Gasteiger partial charge in [0, 0.05) is 25.8 Å². The average molecular weight is 290 g/mol. The Bertz CT molecular complexity index is 605. The van der Waals surface area contributed by atoms with E-state index in [4.69, 9.17) is 4.74 Å². The number of hydrogen-bond donors (Lipinski definition) is 1. The second kappa shape index (κ2) is 5.95. The first-order chi connectivity index (χ1) is 10.2. The van der Waals surface area contributed by atoms with E-state index in [0.29, 0.717) is 18.4 Å². The molecule has 1 N–H and O–H groups in total. The van der Waals surface area contributed by atoms with Crippen LogP contribution in [-0.2, 0) is 11.3 Å². The Morgan fingerprint density at radius 2 is 2.29 bits per heavy atom. The van der Waals surface area contributed by atoms with Gasteiger partial charge in [-0.1, -0.05) is 0 Å². The van der Waals surface area contributed by atoms with Crippen molar-refractivity contribution < 1.29 is 4.74 Å². The van der Waals surface area contributed by atoms with Gasteiger partial charge in [-0.3, -0.25) is 0 Å². The second-order valence-electron chi connectivity index (χ2n) is 5.79. The lowest BCUT2D eigenvalue weighted by molar-refractivity contribution is 0.181. The topological polar surface area (TPSA) is 67.6 Å². The molecule has 0 spiro atoms. The van der Waals surface area contributed by atoms with E-state index in [0.717, 1.165) is 24.0 Å². The summed E-state index contributed by atoms with van der Waals surface area (Å²) in [6.07, 6.45) is 4.18. The van der Waals surface area contributed by atoms with E-state index in [-0.39, 0.29) is 0 Å². The number of fused-ring (bicyclic) bond motifs is 1. The van der Waals surface area contributed by atoms with Crippen molar-refractivity contribution in [2.24, 2.45) is 5.92 Å². The van der Waals surface area contributed by atoms with Gasteiger partial charge in [-0.05, 0) is 32.9 Å². The van der Waals surface area contributed by atoms with Crippen molar-refractivity contribution in [2.75, 3.05) is 33.1 Å². The van der Waals surface area contributed by atoms with Gasteiger partial charge in [-0.2, -0.15) is 14.6 Å². The molecule has 7 heteroatoms. The molecule has 0 aromatic carbocycles. The van der Waals surface area contributed by atoms with Crippen molar-refractivity contribution in [3.05, 3.63) is 18.1 Å². The Morgan fingerprint density at radius 1 is 1.48 bits per heavy atom. The number of anilines is 1. The molecule has 0 saturated heterocycles. The van der Waals surface area contributed by atoms with Crippen LogP contribution in [0.2, 0.25) is 0 Å². The second-order valence-corrected chi connectivity index (χ2v) is 5.79. The summed E-state index contributed by atoms with van der Waals surface area (Å²) in [7, 11) is 5.94. The first-order valence-corrected chi connectivity index (χ1v) is 7.28. The van der Waals surface area contributed by atoms with Crippen molar-refractivity contribution in [2.45, 2.75) is 25.5 Å². The molecule has 0 amide bonds. The highest BCUT2D eigenvalue weighted by Crippen LogP contribution is 2.34. The Labute approximate surface area is 124 Å². The van der Waals surface area contributed by atoms with Crippen LogP contribution in [0.15, 0.2) is 12.4 Å². The number of likely N-dealkylation sites (N-methyl/N-ethyl adjacent to an activating group) is 1. The molecule has 2 aromatic rings. The highest BCUT2D eigenvalue weighted by atomic mass is 16.5. The van der Waals surface area contributed by atoms with Gasteiger partial charge in [0.25, 0.3) is 5.78 Å². The average Bonchev–Trinajstić information content (AvgIpc) is 3.16. The van der Waals surface area contributed by atoms with E-state index in [9.17, 15) is 0 Å². The SMILES string of the molecule is COCc1cc(NCC(C2CC2)N(C)C)n2ncnc2n1. The highest BCUT2D eigenvalue weighted by Gasteiger charge is 2.32. The predicted octanol–water partition coefficient (Wildman–Crippen LogP) is 1.02. The Hall–Kier alpha value is -1.73. The number of nitrogens with zero attached hydrogens (tertiary/aromatic N) is 5. The normalized spacial score (nSPS) is 16.6. The molecule has 114 valence electrons. The lowest BCUT2D eigenvalue weighted by atomic mass is 10.1. The third-order valence-electron chi connectivity index (χ3n) is 3.92. The Kier molecular flexibility index (Phi) is 4.03. The monoisotopic (exact) mass is 290 g/mol. The molecule has 1 unspecified atom stereocenters. The third kappa shape index (κ3) is 3.14. The number of aromatic nitrogens is 4. The summed E-state index contributed by atoms with van der Waals surface area (Å²) in [4.78, 5) is 10.9.